The maximum Gasteiger partial charge on any atom is 0.337 e. The molecule has 0 saturated carbocycles. The molecule has 2 aromatic carbocycles. The third kappa shape index (κ3) is 4.40. The number of ether oxygens (including phenoxy) is 1. The van der Waals surface area contributed by atoms with Crippen LogP contribution in [0.25, 0.3) is 0 Å². The first kappa shape index (κ1) is 21.7. The summed E-state index contributed by atoms with van der Waals surface area (Å²) in [5.41, 5.74) is 1.76. The van der Waals surface area contributed by atoms with Crippen LogP contribution in [-0.4, -0.2) is 72.8 Å². The van der Waals surface area contributed by atoms with Crippen LogP contribution in [0, 0.1) is 0 Å². The molecule has 2 heterocycles. The fourth-order valence-corrected chi connectivity index (χ4v) is 4.20. The monoisotopic (exact) mass is 435 g/mol. The number of hydrogen-bond donors (Lipinski definition) is 0. The van der Waals surface area contributed by atoms with E-state index in [1.165, 1.54) is 24.1 Å². The second-order valence-corrected chi connectivity index (χ2v) is 7.90. The molecule has 32 heavy (non-hydrogen) atoms. The molecule has 0 N–H and O–H groups in total. The Kier molecular flexibility index (Phi) is 6.32. The molecule has 4 rings (SSSR count). The smallest absolute Gasteiger partial charge is 0.337 e. The van der Waals surface area contributed by atoms with Gasteiger partial charge in [-0.3, -0.25) is 19.3 Å². The number of imide groups is 1. The third-order valence-electron chi connectivity index (χ3n) is 5.98. The van der Waals surface area contributed by atoms with E-state index in [0.717, 1.165) is 5.56 Å². The van der Waals surface area contributed by atoms with Gasteiger partial charge in [0.25, 0.3) is 5.91 Å². The summed E-state index contributed by atoms with van der Waals surface area (Å²) < 4.78 is 4.68. The number of nitrogens with zero attached hydrogens (tertiary/aromatic N) is 3. The Bertz CT molecular complexity index is 1010. The van der Waals surface area contributed by atoms with Crippen molar-refractivity contribution in [3.05, 3.63) is 65.7 Å². The highest BCUT2D eigenvalue weighted by molar-refractivity contribution is 6.22. The van der Waals surface area contributed by atoms with Crippen molar-refractivity contribution in [2.75, 3.05) is 38.2 Å². The summed E-state index contributed by atoms with van der Waals surface area (Å²) in [5.74, 6) is -0.955. The Balaban J connectivity index is 1.36. The van der Waals surface area contributed by atoms with Crippen molar-refractivity contribution in [3.8, 4) is 0 Å². The van der Waals surface area contributed by atoms with Crippen LogP contribution in [0.1, 0.15) is 22.3 Å². The van der Waals surface area contributed by atoms with E-state index < -0.39 is 12.0 Å². The third-order valence-corrected chi connectivity index (χ3v) is 5.98. The van der Waals surface area contributed by atoms with Gasteiger partial charge in [0.15, 0.2) is 0 Å². The quantitative estimate of drug-likeness (QED) is 0.523. The van der Waals surface area contributed by atoms with Crippen molar-refractivity contribution in [1.82, 2.24) is 9.80 Å². The minimum Gasteiger partial charge on any atom is -0.465 e. The standard InChI is InChI=1S/C24H25N3O5/c1-32-24(31)18-7-9-19(10-8-18)27-22(29)16-20(23(27)30)25-11-13-26(14-12-25)21(28)15-17-5-3-2-4-6-17/h2-10,20H,11-16H2,1H3. The number of carbonyl (C=O) groups is 4. The number of anilines is 1. The number of esters is 1. The van der Waals surface area contributed by atoms with E-state index in [4.69, 9.17) is 0 Å². The number of benzene rings is 2. The van der Waals surface area contributed by atoms with Crippen molar-refractivity contribution < 1.29 is 23.9 Å². The maximum atomic E-state index is 13.0. The van der Waals surface area contributed by atoms with Gasteiger partial charge in [0.05, 0.1) is 37.2 Å². The molecule has 0 spiro atoms. The molecule has 166 valence electrons. The maximum absolute atomic E-state index is 13.0. The van der Waals surface area contributed by atoms with Crippen molar-refractivity contribution in [1.29, 1.82) is 0 Å². The SMILES string of the molecule is COC(=O)c1ccc(N2C(=O)CC(N3CCN(C(=O)Cc4ccccc4)CC3)C2=O)cc1. The van der Waals surface area contributed by atoms with E-state index >= 15 is 0 Å². The molecule has 8 heteroatoms. The van der Waals surface area contributed by atoms with Crippen LogP contribution < -0.4 is 4.90 Å². The Morgan fingerprint density at radius 2 is 1.59 bits per heavy atom. The summed E-state index contributed by atoms with van der Waals surface area (Å²) in [6.45, 7) is 2.13. The summed E-state index contributed by atoms with van der Waals surface area (Å²) in [7, 11) is 1.29. The molecule has 2 aliphatic heterocycles. The summed E-state index contributed by atoms with van der Waals surface area (Å²) in [4.78, 5) is 54.8. The fourth-order valence-electron chi connectivity index (χ4n) is 4.20. The van der Waals surface area contributed by atoms with Gasteiger partial charge < -0.3 is 9.64 Å². The minimum atomic E-state index is -0.533. The molecule has 2 aliphatic rings. The van der Waals surface area contributed by atoms with E-state index in [9.17, 15) is 19.2 Å². The summed E-state index contributed by atoms with van der Waals surface area (Å²) in [6.07, 6.45) is 0.465. The van der Waals surface area contributed by atoms with Gasteiger partial charge >= 0.3 is 5.97 Å². The lowest BCUT2D eigenvalue weighted by atomic mass is 10.1. The molecule has 1 unspecified atom stereocenters. The van der Waals surface area contributed by atoms with Crippen LogP contribution in [-0.2, 0) is 25.5 Å². The average molecular weight is 435 g/mol. The van der Waals surface area contributed by atoms with Gasteiger partial charge in [-0.2, -0.15) is 0 Å². The number of amides is 3. The van der Waals surface area contributed by atoms with E-state index in [2.05, 4.69) is 4.74 Å². The highest BCUT2D eigenvalue weighted by atomic mass is 16.5. The van der Waals surface area contributed by atoms with Crippen molar-refractivity contribution in [2.24, 2.45) is 0 Å². The lowest BCUT2D eigenvalue weighted by molar-refractivity contribution is -0.133. The summed E-state index contributed by atoms with van der Waals surface area (Å²) >= 11 is 0. The number of carbonyl (C=O) groups excluding carboxylic acids is 4. The minimum absolute atomic E-state index is 0.0667. The van der Waals surface area contributed by atoms with E-state index in [-0.39, 0.29) is 24.1 Å². The van der Waals surface area contributed by atoms with Crippen molar-refractivity contribution in [2.45, 2.75) is 18.9 Å². The Morgan fingerprint density at radius 1 is 0.938 bits per heavy atom. The van der Waals surface area contributed by atoms with E-state index in [1.807, 2.05) is 40.1 Å². The molecule has 2 saturated heterocycles. The molecule has 2 aromatic rings. The highest BCUT2D eigenvalue weighted by Gasteiger charge is 2.43. The first-order valence-electron chi connectivity index (χ1n) is 10.6. The molecule has 3 amide bonds. The van der Waals surface area contributed by atoms with Gasteiger partial charge in [0.1, 0.15) is 0 Å². The molecule has 0 aliphatic carbocycles. The van der Waals surface area contributed by atoms with Crippen LogP contribution in [0.5, 0.6) is 0 Å². The lowest BCUT2D eigenvalue weighted by Gasteiger charge is -2.37. The van der Waals surface area contributed by atoms with Gasteiger partial charge in [-0.15, -0.1) is 0 Å². The first-order chi connectivity index (χ1) is 15.5. The first-order valence-corrected chi connectivity index (χ1v) is 10.6. The molecule has 0 bridgehead atoms. The zero-order valence-corrected chi connectivity index (χ0v) is 17.9. The van der Waals surface area contributed by atoms with Gasteiger partial charge in [0, 0.05) is 26.2 Å². The van der Waals surface area contributed by atoms with Crippen LogP contribution >= 0.6 is 0 Å². The molecule has 8 nitrogen and oxygen atoms in total. The van der Waals surface area contributed by atoms with Crippen LogP contribution in [0.15, 0.2) is 54.6 Å². The van der Waals surface area contributed by atoms with Crippen molar-refractivity contribution >= 4 is 29.4 Å². The lowest BCUT2D eigenvalue weighted by Crippen LogP contribution is -2.54. The van der Waals surface area contributed by atoms with Crippen molar-refractivity contribution in [3.63, 3.8) is 0 Å². The normalized spacial score (nSPS) is 19.3. The number of methoxy groups -OCH3 is 1. The van der Waals surface area contributed by atoms with E-state index in [0.29, 0.717) is 43.9 Å². The number of piperazine rings is 1. The van der Waals surface area contributed by atoms with Gasteiger partial charge in [-0.05, 0) is 29.8 Å². The zero-order valence-electron chi connectivity index (χ0n) is 17.9. The number of hydrogen-bond acceptors (Lipinski definition) is 6. The summed E-state index contributed by atoms with van der Waals surface area (Å²) in [5, 5.41) is 0. The summed E-state index contributed by atoms with van der Waals surface area (Å²) in [6, 6.07) is 15.3. The molecular formula is C24H25N3O5. The van der Waals surface area contributed by atoms with E-state index in [1.54, 1.807) is 12.1 Å². The van der Waals surface area contributed by atoms with Gasteiger partial charge in [-0.25, -0.2) is 9.69 Å². The van der Waals surface area contributed by atoms with Gasteiger partial charge in [0.2, 0.25) is 11.8 Å². The average Bonchev–Trinajstić information content (AvgIpc) is 3.13. The highest BCUT2D eigenvalue weighted by Crippen LogP contribution is 2.27. The fraction of sp³-hybridized carbons (Fsp3) is 0.333. The predicted molar refractivity (Wildman–Crippen MR) is 117 cm³/mol. The van der Waals surface area contributed by atoms with Crippen LogP contribution in [0.2, 0.25) is 0 Å². The Labute approximate surface area is 186 Å². The molecule has 0 radical (unpaired) electrons. The van der Waals surface area contributed by atoms with Crippen LogP contribution in [0.4, 0.5) is 5.69 Å². The number of rotatable bonds is 5. The topological polar surface area (TPSA) is 87.2 Å². The Morgan fingerprint density at radius 3 is 2.22 bits per heavy atom. The predicted octanol–water partition coefficient (Wildman–Crippen LogP) is 1.49. The molecule has 1 atom stereocenters. The molecular weight excluding hydrogens is 410 g/mol. The second kappa shape index (κ2) is 9.32. The molecule has 0 aromatic heterocycles. The second-order valence-electron chi connectivity index (χ2n) is 7.90. The molecule has 2 fully saturated rings. The largest absolute Gasteiger partial charge is 0.465 e. The van der Waals surface area contributed by atoms with Crippen LogP contribution in [0.3, 0.4) is 0 Å². The van der Waals surface area contributed by atoms with Gasteiger partial charge in [-0.1, -0.05) is 30.3 Å². The Hall–Kier alpha value is -3.52. The zero-order chi connectivity index (χ0) is 22.7.